The Morgan fingerprint density at radius 1 is 1.16 bits per heavy atom. The number of hydrogen-bond acceptors (Lipinski definition) is 4. The van der Waals surface area contributed by atoms with E-state index in [1.807, 2.05) is 44.2 Å². The molecule has 0 aliphatic heterocycles. The number of nitrogens with one attached hydrogen (secondary N) is 1. The van der Waals surface area contributed by atoms with E-state index in [2.05, 4.69) is 12.2 Å². The van der Waals surface area contributed by atoms with Crippen LogP contribution in [0.2, 0.25) is 0 Å². The molecule has 1 N–H and O–H groups in total. The van der Waals surface area contributed by atoms with Crippen molar-refractivity contribution in [2.75, 3.05) is 19.0 Å². The molecule has 5 heteroatoms. The van der Waals surface area contributed by atoms with E-state index in [1.54, 1.807) is 19.2 Å². The molecule has 5 nitrogen and oxygen atoms in total. The largest absolute Gasteiger partial charge is 0.493 e. The second-order valence-electron chi connectivity index (χ2n) is 5.86. The summed E-state index contributed by atoms with van der Waals surface area (Å²) in [7, 11) is 1.57. The normalized spacial score (nSPS) is 11.5. The fourth-order valence-corrected chi connectivity index (χ4v) is 2.20. The van der Waals surface area contributed by atoms with Gasteiger partial charge in [-0.3, -0.25) is 4.79 Å². The van der Waals surface area contributed by atoms with E-state index >= 15 is 0 Å². The highest BCUT2D eigenvalue weighted by molar-refractivity contribution is 5.92. The van der Waals surface area contributed by atoms with Gasteiger partial charge < -0.3 is 19.5 Å². The van der Waals surface area contributed by atoms with E-state index in [9.17, 15) is 4.79 Å². The molecule has 0 aromatic heterocycles. The highest BCUT2D eigenvalue weighted by atomic mass is 16.5. The first kappa shape index (κ1) is 18.6. The number of anilines is 1. The second kappa shape index (κ2) is 8.97. The summed E-state index contributed by atoms with van der Waals surface area (Å²) in [6.07, 6.45) is 1.05. The Morgan fingerprint density at radius 3 is 2.68 bits per heavy atom. The summed E-state index contributed by atoms with van der Waals surface area (Å²) >= 11 is 0. The van der Waals surface area contributed by atoms with Gasteiger partial charge in [0.15, 0.2) is 18.1 Å². The molecule has 1 amide bonds. The van der Waals surface area contributed by atoms with Crippen LogP contribution in [0.4, 0.5) is 5.69 Å². The zero-order valence-electron chi connectivity index (χ0n) is 15.2. The number of rotatable bonds is 8. The maximum absolute atomic E-state index is 12.1. The first-order valence-electron chi connectivity index (χ1n) is 8.35. The third kappa shape index (κ3) is 5.71. The molecule has 0 aliphatic rings. The van der Waals surface area contributed by atoms with Gasteiger partial charge in [0.2, 0.25) is 0 Å². The number of ether oxygens (including phenoxy) is 3. The number of benzene rings is 2. The minimum Gasteiger partial charge on any atom is -0.493 e. The van der Waals surface area contributed by atoms with Crippen molar-refractivity contribution in [1.29, 1.82) is 0 Å². The van der Waals surface area contributed by atoms with Gasteiger partial charge in [-0.05, 0) is 50.1 Å². The van der Waals surface area contributed by atoms with Crippen LogP contribution in [0.1, 0.15) is 25.8 Å². The van der Waals surface area contributed by atoms with Crippen molar-refractivity contribution in [3.05, 3.63) is 48.0 Å². The Balaban J connectivity index is 1.93. The van der Waals surface area contributed by atoms with Crippen LogP contribution >= 0.6 is 0 Å². The Kier molecular flexibility index (Phi) is 6.69. The van der Waals surface area contributed by atoms with Gasteiger partial charge in [0.1, 0.15) is 5.75 Å². The highest BCUT2D eigenvalue weighted by Crippen LogP contribution is 2.27. The average molecular weight is 343 g/mol. The van der Waals surface area contributed by atoms with Crippen molar-refractivity contribution in [2.45, 2.75) is 33.3 Å². The van der Waals surface area contributed by atoms with E-state index in [1.165, 1.54) is 0 Å². The number of carbonyl (C=O) groups excluding carboxylic acids is 1. The zero-order valence-corrected chi connectivity index (χ0v) is 15.2. The first-order chi connectivity index (χ1) is 12.0. The summed E-state index contributed by atoms with van der Waals surface area (Å²) in [5, 5.41) is 2.81. The molecule has 2 rings (SSSR count). The van der Waals surface area contributed by atoms with Crippen molar-refractivity contribution in [2.24, 2.45) is 0 Å². The van der Waals surface area contributed by atoms with Crippen LogP contribution in [0.3, 0.4) is 0 Å². The Morgan fingerprint density at radius 2 is 1.96 bits per heavy atom. The van der Waals surface area contributed by atoms with Crippen LogP contribution in [0.25, 0.3) is 0 Å². The predicted molar refractivity (Wildman–Crippen MR) is 98.7 cm³/mol. The summed E-state index contributed by atoms with van der Waals surface area (Å²) < 4.78 is 16.6. The molecule has 0 bridgehead atoms. The molecule has 2 aromatic carbocycles. The van der Waals surface area contributed by atoms with Crippen molar-refractivity contribution in [1.82, 2.24) is 0 Å². The number of carbonyl (C=O) groups is 1. The highest BCUT2D eigenvalue weighted by Gasteiger charge is 2.09. The summed E-state index contributed by atoms with van der Waals surface area (Å²) in [6.45, 7) is 5.93. The fourth-order valence-electron chi connectivity index (χ4n) is 2.20. The van der Waals surface area contributed by atoms with Crippen molar-refractivity contribution in [3.8, 4) is 17.2 Å². The van der Waals surface area contributed by atoms with Gasteiger partial charge in [0.05, 0.1) is 13.2 Å². The van der Waals surface area contributed by atoms with Gasteiger partial charge in [0, 0.05) is 11.8 Å². The summed E-state index contributed by atoms with van der Waals surface area (Å²) in [6, 6.07) is 12.9. The lowest BCUT2D eigenvalue weighted by atomic mass is 10.2. The number of methoxy groups -OCH3 is 1. The second-order valence-corrected chi connectivity index (χ2v) is 5.86. The Bertz CT molecular complexity index is 715. The molecule has 1 atom stereocenters. The molecule has 2 aromatic rings. The molecular weight excluding hydrogens is 318 g/mol. The lowest BCUT2D eigenvalue weighted by molar-refractivity contribution is -0.118. The van der Waals surface area contributed by atoms with Crippen LogP contribution in [-0.2, 0) is 4.79 Å². The SMILES string of the molecule is CCC(C)Oc1cccc(NC(=O)COc2ccc(C)cc2OC)c1. The monoisotopic (exact) mass is 343 g/mol. The molecule has 0 heterocycles. The minimum atomic E-state index is -0.247. The summed E-state index contributed by atoms with van der Waals surface area (Å²) in [5.74, 6) is 1.63. The van der Waals surface area contributed by atoms with Gasteiger partial charge in [-0.15, -0.1) is 0 Å². The predicted octanol–water partition coefficient (Wildman–Crippen LogP) is 4.20. The molecule has 25 heavy (non-hydrogen) atoms. The van der Waals surface area contributed by atoms with E-state index in [0.717, 1.165) is 17.7 Å². The quantitative estimate of drug-likeness (QED) is 0.780. The third-order valence-corrected chi connectivity index (χ3v) is 3.71. The molecular formula is C20H25NO4. The van der Waals surface area contributed by atoms with Crippen molar-refractivity contribution in [3.63, 3.8) is 0 Å². The van der Waals surface area contributed by atoms with Gasteiger partial charge in [-0.1, -0.05) is 19.1 Å². The molecule has 1 unspecified atom stereocenters. The lowest BCUT2D eigenvalue weighted by Crippen LogP contribution is -2.20. The molecule has 0 saturated heterocycles. The average Bonchev–Trinajstić information content (AvgIpc) is 2.60. The van der Waals surface area contributed by atoms with Crippen LogP contribution < -0.4 is 19.5 Å². The molecule has 0 aliphatic carbocycles. The standard InChI is InChI=1S/C20H25NO4/c1-5-15(3)25-17-8-6-7-16(12-17)21-20(22)13-24-18-10-9-14(2)11-19(18)23-4/h6-12,15H,5,13H2,1-4H3,(H,21,22). The summed E-state index contributed by atoms with van der Waals surface area (Å²) in [5.41, 5.74) is 1.73. The van der Waals surface area contributed by atoms with E-state index in [0.29, 0.717) is 17.2 Å². The number of aryl methyl sites for hydroxylation is 1. The maximum Gasteiger partial charge on any atom is 0.262 e. The zero-order chi connectivity index (χ0) is 18.2. The smallest absolute Gasteiger partial charge is 0.262 e. The maximum atomic E-state index is 12.1. The van der Waals surface area contributed by atoms with Gasteiger partial charge >= 0.3 is 0 Å². The minimum absolute atomic E-state index is 0.101. The Hall–Kier alpha value is -2.69. The van der Waals surface area contributed by atoms with E-state index < -0.39 is 0 Å². The van der Waals surface area contributed by atoms with Crippen LogP contribution in [0, 0.1) is 6.92 Å². The van der Waals surface area contributed by atoms with E-state index in [4.69, 9.17) is 14.2 Å². The van der Waals surface area contributed by atoms with E-state index in [-0.39, 0.29) is 18.6 Å². The van der Waals surface area contributed by atoms with Gasteiger partial charge in [0.25, 0.3) is 5.91 Å². The molecule has 0 fully saturated rings. The Labute approximate surface area is 148 Å². The molecule has 134 valence electrons. The molecule has 0 radical (unpaired) electrons. The lowest BCUT2D eigenvalue weighted by Gasteiger charge is -2.14. The third-order valence-electron chi connectivity index (χ3n) is 3.71. The molecule has 0 saturated carbocycles. The van der Waals surface area contributed by atoms with Gasteiger partial charge in [-0.25, -0.2) is 0 Å². The van der Waals surface area contributed by atoms with Crippen LogP contribution in [-0.4, -0.2) is 25.7 Å². The topological polar surface area (TPSA) is 56.8 Å². The van der Waals surface area contributed by atoms with Crippen LogP contribution in [0.5, 0.6) is 17.2 Å². The first-order valence-corrected chi connectivity index (χ1v) is 8.35. The summed E-state index contributed by atoms with van der Waals surface area (Å²) in [4.78, 5) is 12.1. The molecule has 0 spiro atoms. The van der Waals surface area contributed by atoms with Crippen LogP contribution in [0.15, 0.2) is 42.5 Å². The number of amides is 1. The van der Waals surface area contributed by atoms with Gasteiger partial charge in [-0.2, -0.15) is 0 Å². The fraction of sp³-hybridized carbons (Fsp3) is 0.350. The number of hydrogen-bond donors (Lipinski definition) is 1. The van der Waals surface area contributed by atoms with Crippen molar-refractivity contribution < 1.29 is 19.0 Å². The van der Waals surface area contributed by atoms with Crippen molar-refractivity contribution >= 4 is 11.6 Å².